The maximum atomic E-state index is 6.10. The standard InChI is InChI=1S/C22H25NO4/c1-3-8-25-22-17-12-23-7-6-15-10-20-21(27-13-26-20)11-16(15)18(23)9-14(17)4-5-19(22)24-2/h4-5,10-11,18H,3,6-9,12-13H2,1-2H3. The smallest absolute Gasteiger partial charge is 0.231 e. The van der Waals surface area contributed by atoms with Gasteiger partial charge in [0.15, 0.2) is 23.0 Å². The largest absolute Gasteiger partial charge is 0.493 e. The van der Waals surface area contributed by atoms with E-state index in [4.69, 9.17) is 18.9 Å². The van der Waals surface area contributed by atoms with E-state index in [1.165, 1.54) is 22.3 Å². The third-order valence-electron chi connectivity index (χ3n) is 5.87. The van der Waals surface area contributed by atoms with E-state index < -0.39 is 0 Å². The second-order valence-corrected chi connectivity index (χ2v) is 7.43. The summed E-state index contributed by atoms with van der Waals surface area (Å²) in [7, 11) is 1.71. The van der Waals surface area contributed by atoms with Gasteiger partial charge in [0.25, 0.3) is 0 Å². The number of hydrogen-bond acceptors (Lipinski definition) is 5. The van der Waals surface area contributed by atoms with E-state index in [1.807, 2.05) is 6.07 Å². The van der Waals surface area contributed by atoms with Crippen LogP contribution in [0.25, 0.3) is 0 Å². The zero-order valence-corrected chi connectivity index (χ0v) is 15.9. The maximum Gasteiger partial charge on any atom is 0.231 e. The average Bonchev–Trinajstić information content (AvgIpc) is 3.16. The molecule has 3 heterocycles. The van der Waals surface area contributed by atoms with Gasteiger partial charge in [0.05, 0.1) is 13.7 Å². The lowest BCUT2D eigenvalue weighted by molar-refractivity contribution is 0.156. The molecule has 3 aliphatic heterocycles. The van der Waals surface area contributed by atoms with Crippen molar-refractivity contribution in [1.29, 1.82) is 0 Å². The van der Waals surface area contributed by atoms with Crippen molar-refractivity contribution in [3.05, 3.63) is 46.5 Å². The monoisotopic (exact) mass is 367 g/mol. The first-order valence-electron chi connectivity index (χ1n) is 9.76. The SMILES string of the molecule is CCCOc1c(OC)ccc2c1CN1CCc3cc4c(cc3C1C2)OCO4. The maximum absolute atomic E-state index is 6.10. The molecule has 27 heavy (non-hydrogen) atoms. The number of methoxy groups -OCH3 is 1. The van der Waals surface area contributed by atoms with Crippen molar-refractivity contribution in [2.75, 3.05) is 27.1 Å². The number of hydrogen-bond donors (Lipinski definition) is 0. The van der Waals surface area contributed by atoms with Crippen LogP contribution in [0.2, 0.25) is 0 Å². The van der Waals surface area contributed by atoms with E-state index in [0.717, 1.165) is 55.4 Å². The van der Waals surface area contributed by atoms with E-state index in [2.05, 4.69) is 30.0 Å². The van der Waals surface area contributed by atoms with Crippen LogP contribution in [0.4, 0.5) is 0 Å². The zero-order valence-electron chi connectivity index (χ0n) is 15.9. The number of benzene rings is 2. The van der Waals surface area contributed by atoms with Gasteiger partial charge in [0, 0.05) is 24.7 Å². The molecule has 2 aromatic rings. The summed E-state index contributed by atoms with van der Waals surface area (Å²) >= 11 is 0. The fraction of sp³-hybridized carbons (Fsp3) is 0.455. The van der Waals surface area contributed by atoms with E-state index in [-0.39, 0.29) is 0 Å². The summed E-state index contributed by atoms with van der Waals surface area (Å²) in [6.07, 6.45) is 3.00. The van der Waals surface area contributed by atoms with Gasteiger partial charge in [-0.1, -0.05) is 13.0 Å². The van der Waals surface area contributed by atoms with Crippen LogP contribution in [0.1, 0.15) is 41.6 Å². The van der Waals surface area contributed by atoms with Crippen LogP contribution in [0.3, 0.4) is 0 Å². The first-order chi connectivity index (χ1) is 13.3. The van der Waals surface area contributed by atoms with Crippen molar-refractivity contribution < 1.29 is 18.9 Å². The lowest BCUT2D eigenvalue weighted by Gasteiger charge is -2.42. The molecule has 0 saturated carbocycles. The highest BCUT2D eigenvalue weighted by Crippen LogP contribution is 2.46. The first-order valence-corrected chi connectivity index (χ1v) is 9.76. The lowest BCUT2D eigenvalue weighted by Crippen LogP contribution is -2.39. The predicted octanol–water partition coefficient (Wildman–Crippen LogP) is 3.87. The van der Waals surface area contributed by atoms with Gasteiger partial charge >= 0.3 is 0 Å². The number of fused-ring (bicyclic) bond motifs is 5. The number of nitrogens with zero attached hydrogens (tertiary/aromatic N) is 1. The third kappa shape index (κ3) is 2.72. The van der Waals surface area contributed by atoms with Gasteiger partial charge in [-0.3, -0.25) is 4.90 Å². The van der Waals surface area contributed by atoms with Gasteiger partial charge in [-0.25, -0.2) is 0 Å². The van der Waals surface area contributed by atoms with E-state index >= 15 is 0 Å². The van der Waals surface area contributed by atoms with Crippen molar-refractivity contribution in [3.63, 3.8) is 0 Å². The second-order valence-electron chi connectivity index (χ2n) is 7.43. The van der Waals surface area contributed by atoms with E-state index in [1.54, 1.807) is 7.11 Å². The van der Waals surface area contributed by atoms with Gasteiger partial charge < -0.3 is 18.9 Å². The highest BCUT2D eigenvalue weighted by Gasteiger charge is 2.35. The minimum Gasteiger partial charge on any atom is -0.493 e. The Morgan fingerprint density at radius 2 is 2.00 bits per heavy atom. The molecule has 0 radical (unpaired) electrons. The van der Waals surface area contributed by atoms with Gasteiger partial charge in [0.1, 0.15) is 0 Å². The second kappa shape index (κ2) is 6.64. The molecule has 5 nitrogen and oxygen atoms in total. The quantitative estimate of drug-likeness (QED) is 0.820. The van der Waals surface area contributed by atoms with Gasteiger partial charge in [-0.2, -0.15) is 0 Å². The van der Waals surface area contributed by atoms with Gasteiger partial charge in [-0.05, 0) is 54.2 Å². The van der Waals surface area contributed by atoms with Crippen LogP contribution < -0.4 is 18.9 Å². The Labute approximate surface area is 159 Å². The van der Waals surface area contributed by atoms with Gasteiger partial charge in [0.2, 0.25) is 6.79 Å². The average molecular weight is 367 g/mol. The van der Waals surface area contributed by atoms with Crippen LogP contribution in [0.5, 0.6) is 23.0 Å². The molecule has 2 aromatic carbocycles. The van der Waals surface area contributed by atoms with Crippen molar-refractivity contribution in [1.82, 2.24) is 4.90 Å². The van der Waals surface area contributed by atoms with E-state index in [0.29, 0.717) is 19.4 Å². The molecule has 0 bridgehead atoms. The van der Waals surface area contributed by atoms with Crippen LogP contribution >= 0.6 is 0 Å². The normalized spacial score (nSPS) is 19.9. The molecule has 0 N–H and O–H groups in total. The molecule has 1 unspecified atom stereocenters. The van der Waals surface area contributed by atoms with Crippen LogP contribution in [-0.2, 0) is 19.4 Å². The van der Waals surface area contributed by atoms with Crippen molar-refractivity contribution >= 4 is 0 Å². The Bertz CT molecular complexity index is 879. The fourth-order valence-corrected chi connectivity index (χ4v) is 4.52. The Morgan fingerprint density at radius 3 is 2.81 bits per heavy atom. The molecule has 0 amide bonds. The van der Waals surface area contributed by atoms with Crippen LogP contribution in [0.15, 0.2) is 24.3 Å². The molecule has 0 aromatic heterocycles. The summed E-state index contributed by atoms with van der Waals surface area (Å²) in [5, 5.41) is 0. The number of rotatable bonds is 4. The zero-order chi connectivity index (χ0) is 18.4. The molecule has 3 aliphatic rings. The Kier molecular flexibility index (Phi) is 4.12. The van der Waals surface area contributed by atoms with Crippen molar-refractivity contribution in [3.8, 4) is 23.0 Å². The lowest BCUT2D eigenvalue weighted by atomic mass is 9.83. The van der Waals surface area contributed by atoms with Crippen LogP contribution in [0, 0.1) is 0 Å². The minimum absolute atomic E-state index is 0.327. The minimum atomic E-state index is 0.327. The third-order valence-corrected chi connectivity index (χ3v) is 5.87. The molecule has 0 spiro atoms. The summed E-state index contributed by atoms with van der Waals surface area (Å²) in [5.41, 5.74) is 5.40. The molecule has 0 saturated heterocycles. The fourth-order valence-electron chi connectivity index (χ4n) is 4.52. The molecular formula is C22H25NO4. The van der Waals surface area contributed by atoms with Gasteiger partial charge in [-0.15, -0.1) is 0 Å². The molecule has 5 heteroatoms. The topological polar surface area (TPSA) is 40.2 Å². The molecular weight excluding hydrogens is 342 g/mol. The first kappa shape index (κ1) is 16.8. The highest BCUT2D eigenvalue weighted by atomic mass is 16.7. The Balaban J connectivity index is 1.53. The molecule has 142 valence electrons. The summed E-state index contributed by atoms with van der Waals surface area (Å²) in [6, 6.07) is 8.99. The Morgan fingerprint density at radius 1 is 1.15 bits per heavy atom. The summed E-state index contributed by atoms with van der Waals surface area (Å²) < 4.78 is 22.9. The van der Waals surface area contributed by atoms with E-state index in [9.17, 15) is 0 Å². The van der Waals surface area contributed by atoms with Crippen molar-refractivity contribution in [2.45, 2.75) is 38.8 Å². The highest BCUT2D eigenvalue weighted by molar-refractivity contribution is 5.55. The molecule has 0 fully saturated rings. The summed E-state index contributed by atoms with van der Waals surface area (Å²) in [4.78, 5) is 2.56. The predicted molar refractivity (Wildman–Crippen MR) is 102 cm³/mol. The number of ether oxygens (including phenoxy) is 4. The molecule has 1 atom stereocenters. The molecule has 5 rings (SSSR count). The molecule has 0 aliphatic carbocycles. The Hall–Kier alpha value is -2.40. The van der Waals surface area contributed by atoms with Crippen molar-refractivity contribution in [2.24, 2.45) is 0 Å². The summed E-state index contributed by atoms with van der Waals surface area (Å²) in [5.74, 6) is 3.52. The van der Waals surface area contributed by atoms with Crippen LogP contribution in [-0.4, -0.2) is 32.0 Å². The summed E-state index contributed by atoms with van der Waals surface area (Å²) in [6.45, 7) is 5.10.